The van der Waals surface area contributed by atoms with Gasteiger partial charge in [0.05, 0.1) is 27.9 Å². The Morgan fingerprint density at radius 2 is 0.885 bits per heavy atom. The summed E-state index contributed by atoms with van der Waals surface area (Å²) in [7, 11) is 0. The van der Waals surface area contributed by atoms with Crippen LogP contribution in [-0.2, 0) is 0 Å². The van der Waals surface area contributed by atoms with Crippen molar-refractivity contribution in [3.05, 3.63) is 200 Å². The number of rotatable bonds is 6. The molecule has 0 fully saturated rings. The molecule has 0 N–H and O–H groups in total. The van der Waals surface area contributed by atoms with E-state index in [1.165, 1.54) is 32.8 Å². The molecular weight excluding hydrogens is 631 g/mol. The van der Waals surface area contributed by atoms with E-state index in [1.54, 1.807) is 0 Å². The van der Waals surface area contributed by atoms with Crippen molar-refractivity contribution in [1.82, 2.24) is 14.1 Å². The fourth-order valence-electron chi connectivity index (χ4n) is 7.68. The van der Waals surface area contributed by atoms with Gasteiger partial charge in [0.25, 0.3) is 0 Å². The zero-order chi connectivity index (χ0) is 34.4. The van der Waals surface area contributed by atoms with Crippen LogP contribution in [0.1, 0.15) is 0 Å². The van der Waals surface area contributed by atoms with Crippen LogP contribution in [0.25, 0.3) is 89.0 Å². The molecule has 0 aliphatic heterocycles. The summed E-state index contributed by atoms with van der Waals surface area (Å²) in [5.41, 5.74) is 13.5. The average Bonchev–Trinajstić information content (AvgIpc) is 3.78. The van der Waals surface area contributed by atoms with E-state index in [2.05, 4.69) is 209 Å². The standard InChI is InChI=1S/C49H33N3/c1-3-15-34(16-4-1)40-31-44(35-17-5-2-6-18-35)50-49(33-40)52-45-26-10-7-19-39(45)32-48(52)38-22-13-20-36(29-38)37-21-14-23-41(30-37)51-46-27-11-8-24-42(46)43-25-9-12-28-47(43)51/h1-33H. The summed E-state index contributed by atoms with van der Waals surface area (Å²) < 4.78 is 4.70. The molecule has 0 amide bonds. The number of benzene rings is 7. The van der Waals surface area contributed by atoms with Crippen molar-refractivity contribution in [2.24, 2.45) is 0 Å². The first kappa shape index (κ1) is 29.9. The van der Waals surface area contributed by atoms with Gasteiger partial charge < -0.3 is 4.57 Å². The molecule has 0 aliphatic carbocycles. The quantitative estimate of drug-likeness (QED) is 0.174. The molecule has 0 saturated heterocycles. The second-order valence-electron chi connectivity index (χ2n) is 13.3. The topological polar surface area (TPSA) is 22.8 Å². The lowest BCUT2D eigenvalue weighted by Gasteiger charge is -2.15. The van der Waals surface area contributed by atoms with Gasteiger partial charge in [0.15, 0.2) is 0 Å². The van der Waals surface area contributed by atoms with Crippen LogP contribution in [0, 0.1) is 0 Å². The second-order valence-corrected chi connectivity index (χ2v) is 13.3. The van der Waals surface area contributed by atoms with Gasteiger partial charge in [-0.2, -0.15) is 0 Å². The molecule has 10 rings (SSSR count). The lowest BCUT2D eigenvalue weighted by atomic mass is 10.0. The third-order valence-corrected chi connectivity index (χ3v) is 10.1. The molecule has 3 heteroatoms. The van der Waals surface area contributed by atoms with Gasteiger partial charge in [-0.1, -0.05) is 146 Å². The van der Waals surface area contributed by atoms with Crippen LogP contribution < -0.4 is 0 Å². The maximum absolute atomic E-state index is 5.34. The molecule has 0 radical (unpaired) electrons. The second kappa shape index (κ2) is 12.4. The normalized spacial score (nSPS) is 11.5. The molecule has 0 bridgehead atoms. The molecule has 0 saturated carbocycles. The zero-order valence-electron chi connectivity index (χ0n) is 28.4. The highest BCUT2D eigenvalue weighted by Gasteiger charge is 2.17. The molecule has 10 aromatic rings. The number of hydrogen-bond donors (Lipinski definition) is 0. The van der Waals surface area contributed by atoms with Crippen LogP contribution in [0.3, 0.4) is 0 Å². The van der Waals surface area contributed by atoms with Gasteiger partial charge in [-0.3, -0.25) is 4.57 Å². The summed E-state index contributed by atoms with van der Waals surface area (Å²) in [6.07, 6.45) is 0. The molecule has 244 valence electrons. The lowest BCUT2D eigenvalue weighted by Crippen LogP contribution is -2.02. The SMILES string of the molecule is c1ccc(-c2cc(-c3ccccc3)nc(-n3c(-c4cccc(-c5cccc(-n6c7ccccc7c7ccccc76)c5)c4)cc4ccccc43)c2)cc1. The summed E-state index contributed by atoms with van der Waals surface area (Å²) >= 11 is 0. The minimum Gasteiger partial charge on any atom is -0.309 e. The fourth-order valence-corrected chi connectivity index (χ4v) is 7.68. The highest BCUT2D eigenvalue weighted by atomic mass is 15.1. The molecule has 3 nitrogen and oxygen atoms in total. The Kier molecular flexibility index (Phi) is 7.14. The van der Waals surface area contributed by atoms with E-state index in [1.807, 2.05) is 0 Å². The zero-order valence-corrected chi connectivity index (χ0v) is 28.4. The van der Waals surface area contributed by atoms with E-state index >= 15 is 0 Å². The van der Waals surface area contributed by atoms with E-state index in [4.69, 9.17) is 4.98 Å². The Bertz CT molecular complexity index is 2790. The van der Waals surface area contributed by atoms with Gasteiger partial charge in [-0.25, -0.2) is 4.98 Å². The van der Waals surface area contributed by atoms with E-state index in [0.29, 0.717) is 0 Å². The maximum atomic E-state index is 5.34. The Morgan fingerprint density at radius 1 is 0.327 bits per heavy atom. The van der Waals surface area contributed by atoms with Crippen LogP contribution >= 0.6 is 0 Å². The van der Waals surface area contributed by atoms with Crippen molar-refractivity contribution in [2.45, 2.75) is 0 Å². The van der Waals surface area contributed by atoms with Crippen LogP contribution in [0.15, 0.2) is 200 Å². The van der Waals surface area contributed by atoms with Gasteiger partial charge in [0.1, 0.15) is 5.82 Å². The summed E-state index contributed by atoms with van der Waals surface area (Å²) in [4.78, 5) is 5.34. The Morgan fingerprint density at radius 3 is 1.62 bits per heavy atom. The Hall–Kier alpha value is -6.97. The monoisotopic (exact) mass is 663 g/mol. The summed E-state index contributed by atoms with van der Waals surface area (Å²) in [6.45, 7) is 0. The first-order valence-corrected chi connectivity index (χ1v) is 17.7. The highest BCUT2D eigenvalue weighted by molar-refractivity contribution is 6.09. The van der Waals surface area contributed by atoms with E-state index in [0.717, 1.165) is 56.2 Å². The molecule has 0 aliphatic rings. The van der Waals surface area contributed by atoms with Gasteiger partial charge >= 0.3 is 0 Å². The predicted octanol–water partition coefficient (Wildman–Crippen LogP) is 12.8. The van der Waals surface area contributed by atoms with Gasteiger partial charge in [-0.05, 0) is 82.4 Å². The Labute approximate surface area is 302 Å². The number of aromatic nitrogens is 3. The van der Waals surface area contributed by atoms with Crippen LogP contribution in [0.5, 0.6) is 0 Å². The number of nitrogens with zero attached hydrogens (tertiary/aromatic N) is 3. The number of para-hydroxylation sites is 3. The molecule has 0 atom stereocenters. The Balaban J connectivity index is 1.14. The third-order valence-electron chi connectivity index (χ3n) is 10.1. The average molecular weight is 664 g/mol. The van der Waals surface area contributed by atoms with Gasteiger partial charge in [0.2, 0.25) is 0 Å². The third kappa shape index (κ3) is 5.10. The van der Waals surface area contributed by atoms with Crippen molar-refractivity contribution >= 4 is 32.7 Å². The van der Waals surface area contributed by atoms with Crippen molar-refractivity contribution in [3.63, 3.8) is 0 Å². The summed E-state index contributed by atoms with van der Waals surface area (Å²) in [5.74, 6) is 0.884. The van der Waals surface area contributed by atoms with Gasteiger partial charge in [-0.15, -0.1) is 0 Å². The van der Waals surface area contributed by atoms with Crippen LogP contribution in [-0.4, -0.2) is 14.1 Å². The molecule has 0 unspecified atom stereocenters. The highest BCUT2D eigenvalue weighted by Crippen LogP contribution is 2.37. The predicted molar refractivity (Wildman–Crippen MR) is 217 cm³/mol. The van der Waals surface area contributed by atoms with Crippen molar-refractivity contribution in [1.29, 1.82) is 0 Å². The molecule has 0 spiro atoms. The summed E-state index contributed by atoms with van der Waals surface area (Å²) in [6, 6.07) is 71.5. The van der Waals surface area contributed by atoms with Crippen molar-refractivity contribution < 1.29 is 0 Å². The molecule has 3 heterocycles. The molecule has 52 heavy (non-hydrogen) atoms. The van der Waals surface area contributed by atoms with Crippen molar-refractivity contribution in [3.8, 4) is 56.3 Å². The molecule has 3 aromatic heterocycles. The van der Waals surface area contributed by atoms with E-state index < -0.39 is 0 Å². The van der Waals surface area contributed by atoms with E-state index in [-0.39, 0.29) is 0 Å². The smallest absolute Gasteiger partial charge is 0.138 e. The van der Waals surface area contributed by atoms with Crippen LogP contribution in [0.4, 0.5) is 0 Å². The summed E-state index contributed by atoms with van der Waals surface area (Å²) in [5, 5.41) is 3.70. The lowest BCUT2D eigenvalue weighted by molar-refractivity contribution is 1.05. The van der Waals surface area contributed by atoms with Crippen molar-refractivity contribution in [2.75, 3.05) is 0 Å². The fraction of sp³-hybridized carbons (Fsp3) is 0. The first-order valence-electron chi connectivity index (χ1n) is 17.7. The molecule has 7 aromatic carbocycles. The van der Waals surface area contributed by atoms with Crippen LogP contribution in [0.2, 0.25) is 0 Å². The first-order chi connectivity index (χ1) is 25.8. The van der Waals surface area contributed by atoms with E-state index in [9.17, 15) is 0 Å². The minimum absolute atomic E-state index is 0.884. The van der Waals surface area contributed by atoms with Gasteiger partial charge in [0, 0.05) is 27.4 Å². The number of pyridine rings is 1. The minimum atomic E-state index is 0.884. The maximum Gasteiger partial charge on any atom is 0.138 e. The number of fused-ring (bicyclic) bond motifs is 4. The number of hydrogen-bond acceptors (Lipinski definition) is 1. The largest absolute Gasteiger partial charge is 0.309 e. The molecular formula is C49H33N3.